The summed E-state index contributed by atoms with van der Waals surface area (Å²) in [6, 6.07) is 4.67. The van der Waals surface area contributed by atoms with Gasteiger partial charge in [0.05, 0.1) is 4.47 Å². The molecular weight excluding hydrogens is 285 g/mol. The molecule has 0 saturated carbocycles. The first-order valence-electron chi connectivity index (χ1n) is 5.88. The van der Waals surface area contributed by atoms with Crippen LogP contribution in [0.1, 0.15) is 20.3 Å². The second-order valence-electron chi connectivity index (χ2n) is 4.36. The van der Waals surface area contributed by atoms with Crippen molar-refractivity contribution in [1.29, 1.82) is 0 Å². The van der Waals surface area contributed by atoms with E-state index in [4.69, 9.17) is 4.74 Å². The molecule has 0 heterocycles. The SMILES string of the molecule is CC(C)CCNCCOc1ccc(F)c(Br)c1. The number of benzene rings is 1. The van der Waals surface area contributed by atoms with E-state index in [1.54, 1.807) is 12.1 Å². The van der Waals surface area contributed by atoms with E-state index in [0.29, 0.717) is 16.8 Å². The molecule has 0 aliphatic heterocycles. The Bertz CT molecular complexity index is 344. The van der Waals surface area contributed by atoms with Crippen LogP contribution in [-0.2, 0) is 0 Å². The number of ether oxygens (including phenoxy) is 1. The highest BCUT2D eigenvalue weighted by Crippen LogP contribution is 2.21. The predicted octanol–water partition coefficient (Wildman–Crippen LogP) is 3.60. The van der Waals surface area contributed by atoms with E-state index in [9.17, 15) is 4.39 Å². The minimum Gasteiger partial charge on any atom is -0.492 e. The molecule has 1 aromatic carbocycles. The fourth-order valence-electron chi connectivity index (χ4n) is 1.32. The van der Waals surface area contributed by atoms with E-state index in [0.717, 1.165) is 19.0 Å². The van der Waals surface area contributed by atoms with Crippen LogP contribution in [0.3, 0.4) is 0 Å². The van der Waals surface area contributed by atoms with Gasteiger partial charge in [-0.3, -0.25) is 0 Å². The van der Waals surface area contributed by atoms with E-state index in [-0.39, 0.29) is 5.82 Å². The quantitative estimate of drug-likeness (QED) is 0.777. The van der Waals surface area contributed by atoms with Gasteiger partial charge in [0.2, 0.25) is 0 Å². The molecule has 0 amide bonds. The third-order valence-electron chi connectivity index (χ3n) is 2.34. The molecule has 0 fully saturated rings. The second kappa shape index (κ2) is 7.67. The maximum atomic E-state index is 12.9. The topological polar surface area (TPSA) is 21.3 Å². The zero-order chi connectivity index (χ0) is 12.7. The minimum atomic E-state index is -0.271. The van der Waals surface area contributed by atoms with Gasteiger partial charge in [-0.2, -0.15) is 0 Å². The van der Waals surface area contributed by atoms with Crippen LogP contribution >= 0.6 is 15.9 Å². The summed E-state index contributed by atoms with van der Waals surface area (Å²) in [5.74, 6) is 1.13. The Kier molecular flexibility index (Phi) is 6.52. The van der Waals surface area contributed by atoms with Crippen LogP contribution < -0.4 is 10.1 Å². The lowest BCUT2D eigenvalue weighted by molar-refractivity contribution is 0.311. The Labute approximate surface area is 111 Å². The van der Waals surface area contributed by atoms with Gasteiger partial charge in [-0.1, -0.05) is 13.8 Å². The molecule has 1 aromatic rings. The smallest absolute Gasteiger partial charge is 0.137 e. The van der Waals surface area contributed by atoms with Crippen molar-refractivity contribution in [2.24, 2.45) is 5.92 Å². The molecular formula is C13H19BrFNO. The Morgan fingerprint density at radius 2 is 2.12 bits per heavy atom. The molecule has 17 heavy (non-hydrogen) atoms. The van der Waals surface area contributed by atoms with Crippen molar-refractivity contribution in [2.45, 2.75) is 20.3 Å². The molecule has 0 saturated heterocycles. The van der Waals surface area contributed by atoms with Crippen molar-refractivity contribution >= 4 is 15.9 Å². The van der Waals surface area contributed by atoms with E-state index in [1.807, 2.05) is 0 Å². The number of hydrogen-bond acceptors (Lipinski definition) is 2. The van der Waals surface area contributed by atoms with Gasteiger partial charge in [-0.15, -0.1) is 0 Å². The summed E-state index contributed by atoms with van der Waals surface area (Å²) < 4.78 is 18.9. The highest BCUT2D eigenvalue weighted by Gasteiger charge is 2.00. The molecule has 2 nitrogen and oxygen atoms in total. The van der Waals surface area contributed by atoms with Gasteiger partial charge in [-0.05, 0) is 53.0 Å². The molecule has 4 heteroatoms. The zero-order valence-electron chi connectivity index (χ0n) is 10.3. The van der Waals surface area contributed by atoms with Crippen molar-refractivity contribution in [3.8, 4) is 5.75 Å². The highest BCUT2D eigenvalue weighted by atomic mass is 79.9. The predicted molar refractivity (Wildman–Crippen MR) is 71.9 cm³/mol. The Morgan fingerprint density at radius 3 is 2.76 bits per heavy atom. The van der Waals surface area contributed by atoms with Gasteiger partial charge in [-0.25, -0.2) is 4.39 Å². The van der Waals surface area contributed by atoms with Crippen molar-refractivity contribution in [2.75, 3.05) is 19.7 Å². The molecule has 0 aliphatic rings. The van der Waals surface area contributed by atoms with Crippen molar-refractivity contribution in [3.05, 3.63) is 28.5 Å². The van der Waals surface area contributed by atoms with Gasteiger partial charge in [0.15, 0.2) is 0 Å². The second-order valence-corrected chi connectivity index (χ2v) is 5.21. The molecule has 0 unspecified atom stereocenters. The first kappa shape index (κ1) is 14.5. The average Bonchev–Trinajstić information content (AvgIpc) is 2.27. The summed E-state index contributed by atoms with van der Waals surface area (Å²) >= 11 is 3.13. The largest absolute Gasteiger partial charge is 0.492 e. The standard InChI is InChI=1S/C13H19BrFNO/c1-10(2)5-6-16-7-8-17-11-3-4-13(15)12(14)9-11/h3-4,9-10,16H,5-8H2,1-2H3. The number of rotatable bonds is 7. The van der Waals surface area contributed by atoms with E-state index >= 15 is 0 Å². The van der Waals surface area contributed by atoms with Gasteiger partial charge in [0.25, 0.3) is 0 Å². The summed E-state index contributed by atoms with van der Waals surface area (Å²) in [6.07, 6.45) is 1.17. The van der Waals surface area contributed by atoms with Crippen LogP contribution in [0.25, 0.3) is 0 Å². The van der Waals surface area contributed by atoms with Crippen LogP contribution in [0.2, 0.25) is 0 Å². The fourth-order valence-corrected chi connectivity index (χ4v) is 1.68. The molecule has 0 radical (unpaired) electrons. The van der Waals surface area contributed by atoms with Crippen LogP contribution in [0.5, 0.6) is 5.75 Å². The van der Waals surface area contributed by atoms with E-state index in [1.165, 1.54) is 12.5 Å². The molecule has 1 N–H and O–H groups in total. The fraction of sp³-hybridized carbons (Fsp3) is 0.538. The molecule has 0 bridgehead atoms. The van der Waals surface area contributed by atoms with E-state index in [2.05, 4.69) is 35.1 Å². The summed E-state index contributed by atoms with van der Waals surface area (Å²) in [7, 11) is 0. The molecule has 1 rings (SSSR count). The molecule has 0 spiro atoms. The number of halogens is 2. The van der Waals surface area contributed by atoms with Gasteiger partial charge < -0.3 is 10.1 Å². The van der Waals surface area contributed by atoms with E-state index < -0.39 is 0 Å². The maximum Gasteiger partial charge on any atom is 0.137 e. The summed E-state index contributed by atoms with van der Waals surface area (Å²) in [4.78, 5) is 0. The lowest BCUT2D eigenvalue weighted by atomic mass is 10.1. The summed E-state index contributed by atoms with van der Waals surface area (Å²) in [5, 5.41) is 3.30. The number of hydrogen-bond donors (Lipinski definition) is 1. The molecule has 96 valence electrons. The maximum absolute atomic E-state index is 12.9. The lowest BCUT2D eigenvalue weighted by Crippen LogP contribution is -2.23. The highest BCUT2D eigenvalue weighted by molar-refractivity contribution is 9.10. The summed E-state index contributed by atoms with van der Waals surface area (Å²) in [6.45, 7) is 6.81. The van der Waals surface area contributed by atoms with Crippen molar-refractivity contribution in [3.63, 3.8) is 0 Å². The summed E-state index contributed by atoms with van der Waals surface area (Å²) in [5.41, 5.74) is 0. The average molecular weight is 304 g/mol. The van der Waals surface area contributed by atoms with Crippen LogP contribution in [0, 0.1) is 11.7 Å². The normalized spacial score (nSPS) is 10.9. The zero-order valence-corrected chi connectivity index (χ0v) is 11.9. The van der Waals surface area contributed by atoms with Gasteiger partial charge in [0, 0.05) is 6.54 Å². The van der Waals surface area contributed by atoms with Crippen LogP contribution in [0.15, 0.2) is 22.7 Å². The van der Waals surface area contributed by atoms with Crippen LogP contribution in [-0.4, -0.2) is 19.7 Å². The Balaban J connectivity index is 2.16. The minimum absolute atomic E-state index is 0.271. The first-order chi connectivity index (χ1) is 8.09. The first-order valence-corrected chi connectivity index (χ1v) is 6.67. The van der Waals surface area contributed by atoms with Crippen molar-refractivity contribution in [1.82, 2.24) is 5.32 Å². The molecule has 0 aromatic heterocycles. The third-order valence-corrected chi connectivity index (χ3v) is 2.94. The Morgan fingerprint density at radius 1 is 1.35 bits per heavy atom. The third kappa shape index (κ3) is 6.03. The van der Waals surface area contributed by atoms with Gasteiger partial charge >= 0.3 is 0 Å². The number of nitrogens with one attached hydrogen (secondary N) is 1. The lowest BCUT2D eigenvalue weighted by Gasteiger charge is -2.09. The molecule has 0 atom stereocenters. The Hall–Kier alpha value is -0.610. The monoisotopic (exact) mass is 303 g/mol. The van der Waals surface area contributed by atoms with Crippen LogP contribution in [0.4, 0.5) is 4.39 Å². The van der Waals surface area contributed by atoms with Crippen molar-refractivity contribution < 1.29 is 9.13 Å². The molecule has 0 aliphatic carbocycles. The van der Waals surface area contributed by atoms with Gasteiger partial charge in [0.1, 0.15) is 18.2 Å².